The molecule has 1 saturated carbocycles. The Kier molecular flexibility index (Phi) is 7.65. The van der Waals surface area contributed by atoms with Crippen LogP contribution >= 0.6 is 0 Å². The number of amides is 3. The van der Waals surface area contributed by atoms with Crippen LogP contribution in [0.2, 0.25) is 0 Å². The number of hydrogen-bond donors (Lipinski definition) is 2. The molecule has 3 amide bonds. The van der Waals surface area contributed by atoms with Crippen LogP contribution in [0.1, 0.15) is 65.5 Å². The van der Waals surface area contributed by atoms with Crippen molar-refractivity contribution in [2.24, 2.45) is 0 Å². The van der Waals surface area contributed by atoms with E-state index < -0.39 is 17.7 Å². The molecule has 7 heteroatoms. The summed E-state index contributed by atoms with van der Waals surface area (Å²) in [5.41, 5.74) is 0.105. The summed E-state index contributed by atoms with van der Waals surface area (Å²) in [6.45, 7) is 8.84. The number of rotatable bonds is 7. The van der Waals surface area contributed by atoms with Crippen LogP contribution < -0.4 is 10.6 Å². The average Bonchev–Trinajstić information content (AvgIpc) is 2.56. The van der Waals surface area contributed by atoms with Crippen molar-refractivity contribution in [1.82, 2.24) is 15.5 Å². The zero-order valence-corrected chi connectivity index (χ0v) is 18.0. The lowest BCUT2D eigenvalue weighted by atomic mass is 9.88. The van der Waals surface area contributed by atoms with Crippen molar-refractivity contribution in [3.63, 3.8) is 0 Å². The fraction of sp³-hybridized carbons (Fsp3) is 0.591. The number of carbonyl (C=O) groups excluding carboxylic acids is 3. The topological polar surface area (TPSA) is 87.7 Å². The molecule has 0 aliphatic heterocycles. The summed E-state index contributed by atoms with van der Waals surface area (Å²) in [5, 5.41) is 5.46. The molecule has 0 radical (unpaired) electrons. The fourth-order valence-electron chi connectivity index (χ4n) is 3.21. The standard InChI is InChI=1S/C22H33N3O4/c1-15(2)24-20(27)19(16-10-7-6-8-11-16)25(17-12-9-13-17)18(26)14-23-21(28)29-22(3,4)5/h6-8,10-11,15,17,19H,9,12-14H2,1-5H3,(H,23,28)(H,24,27). The Morgan fingerprint density at radius 2 is 1.76 bits per heavy atom. The molecular formula is C22H33N3O4. The van der Waals surface area contributed by atoms with Gasteiger partial charge in [-0.2, -0.15) is 0 Å². The van der Waals surface area contributed by atoms with E-state index in [4.69, 9.17) is 4.74 Å². The van der Waals surface area contributed by atoms with Crippen molar-refractivity contribution in [2.75, 3.05) is 6.54 Å². The van der Waals surface area contributed by atoms with E-state index in [0.717, 1.165) is 24.8 Å². The van der Waals surface area contributed by atoms with E-state index in [0.29, 0.717) is 0 Å². The molecule has 1 aliphatic rings. The maximum absolute atomic E-state index is 13.1. The van der Waals surface area contributed by atoms with Crippen molar-refractivity contribution in [3.05, 3.63) is 35.9 Å². The SMILES string of the molecule is CC(C)NC(=O)C(c1ccccc1)N(C(=O)CNC(=O)OC(C)(C)C)C1CCC1. The van der Waals surface area contributed by atoms with Crippen LogP contribution in [0, 0.1) is 0 Å². The van der Waals surface area contributed by atoms with Gasteiger partial charge in [-0.05, 0) is 59.4 Å². The number of alkyl carbamates (subject to hydrolysis) is 1. The summed E-state index contributed by atoms with van der Waals surface area (Å²) in [5.74, 6) is -0.517. The van der Waals surface area contributed by atoms with Crippen molar-refractivity contribution in [3.8, 4) is 0 Å². The molecule has 0 aromatic heterocycles. The Morgan fingerprint density at radius 3 is 2.24 bits per heavy atom. The highest BCUT2D eigenvalue weighted by molar-refractivity contribution is 5.90. The van der Waals surface area contributed by atoms with Gasteiger partial charge in [-0.3, -0.25) is 9.59 Å². The lowest BCUT2D eigenvalue weighted by Crippen LogP contribution is -2.54. The minimum Gasteiger partial charge on any atom is -0.444 e. The number of hydrogen-bond acceptors (Lipinski definition) is 4. The van der Waals surface area contributed by atoms with Gasteiger partial charge in [-0.15, -0.1) is 0 Å². The van der Waals surface area contributed by atoms with Gasteiger partial charge in [0.1, 0.15) is 18.2 Å². The normalized spacial score (nSPS) is 15.2. The Bertz CT molecular complexity index is 709. The number of carbonyl (C=O) groups is 3. The predicted octanol–water partition coefficient (Wildman–Crippen LogP) is 3.16. The first-order valence-electron chi connectivity index (χ1n) is 10.2. The second-order valence-corrected chi connectivity index (χ2v) is 8.72. The van der Waals surface area contributed by atoms with Crippen molar-refractivity contribution in [2.45, 2.75) is 77.6 Å². The van der Waals surface area contributed by atoms with Gasteiger partial charge in [-0.1, -0.05) is 30.3 Å². The Labute approximate surface area is 173 Å². The van der Waals surface area contributed by atoms with Crippen LogP contribution in [0.25, 0.3) is 0 Å². The first kappa shape index (κ1) is 22.7. The van der Waals surface area contributed by atoms with Crippen LogP contribution in [-0.2, 0) is 14.3 Å². The number of nitrogens with one attached hydrogen (secondary N) is 2. The van der Waals surface area contributed by atoms with E-state index in [1.165, 1.54) is 0 Å². The maximum atomic E-state index is 13.1. The molecule has 0 spiro atoms. The van der Waals surface area contributed by atoms with Gasteiger partial charge in [0.2, 0.25) is 11.8 Å². The Morgan fingerprint density at radius 1 is 1.14 bits per heavy atom. The summed E-state index contributed by atoms with van der Waals surface area (Å²) in [4.78, 5) is 39.8. The van der Waals surface area contributed by atoms with E-state index in [2.05, 4.69) is 10.6 Å². The van der Waals surface area contributed by atoms with Gasteiger partial charge in [0.05, 0.1) is 0 Å². The molecule has 1 aromatic rings. The zero-order chi connectivity index (χ0) is 21.6. The summed E-state index contributed by atoms with van der Waals surface area (Å²) in [6, 6.07) is 8.48. The van der Waals surface area contributed by atoms with E-state index in [1.807, 2.05) is 44.2 Å². The van der Waals surface area contributed by atoms with Crippen LogP contribution in [0.4, 0.5) is 4.79 Å². The van der Waals surface area contributed by atoms with Crippen molar-refractivity contribution >= 4 is 17.9 Å². The Balaban J connectivity index is 2.23. The molecule has 29 heavy (non-hydrogen) atoms. The molecule has 2 rings (SSSR count). The van der Waals surface area contributed by atoms with Gasteiger partial charge < -0.3 is 20.3 Å². The summed E-state index contributed by atoms with van der Waals surface area (Å²) in [7, 11) is 0. The predicted molar refractivity (Wildman–Crippen MR) is 111 cm³/mol. The minimum atomic E-state index is -0.739. The number of nitrogens with zero attached hydrogens (tertiary/aromatic N) is 1. The summed E-state index contributed by atoms with van der Waals surface area (Å²) < 4.78 is 5.21. The Hall–Kier alpha value is -2.57. The second-order valence-electron chi connectivity index (χ2n) is 8.72. The van der Waals surface area contributed by atoms with E-state index in [-0.39, 0.29) is 30.4 Å². The van der Waals surface area contributed by atoms with Gasteiger partial charge in [0, 0.05) is 12.1 Å². The minimum absolute atomic E-state index is 0.0222. The molecule has 0 bridgehead atoms. The first-order valence-corrected chi connectivity index (χ1v) is 10.2. The van der Waals surface area contributed by atoms with E-state index >= 15 is 0 Å². The second kappa shape index (κ2) is 9.76. The number of ether oxygens (including phenoxy) is 1. The highest BCUT2D eigenvalue weighted by Crippen LogP contribution is 2.33. The monoisotopic (exact) mass is 403 g/mol. The smallest absolute Gasteiger partial charge is 0.408 e. The van der Waals surface area contributed by atoms with Gasteiger partial charge in [0.25, 0.3) is 0 Å². The maximum Gasteiger partial charge on any atom is 0.408 e. The summed E-state index contributed by atoms with van der Waals surface area (Å²) in [6.07, 6.45) is 2.05. The molecular weight excluding hydrogens is 370 g/mol. The molecule has 1 unspecified atom stereocenters. The lowest BCUT2D eigenvalue weighted by Gasteiger charge is -2.42. The average molecular weight is 404 g/mol. The van der Waals surface area contributed by atoms with Gasteiger partial charge in [0.15, 0.2) is 0 Å². The third kappa shape index (κ3) is 6.76. The largest absolute Gasteiger partial charge is 0.444 e. The number of benzene rings is 1. The highest BCUT2D eigenvalue weighted by atomic mass is 16.6. The van der Waals surface area contributed by atoms with Crippen molar-refractivity contribution in [1.29, 1.82) is 0 Å². The van der Waals surface area contributed by atoms with Gasteiger partial charge in [-0.25, -0.2) is 4.79 Å². The highest BCUT2D eigenvalue weighted by Gasteiger charge is 2.38. The van der Waals surface area contributed by atoms with Crippen LogP contribution in [-0.4, -0.2) is 47.0 Å². The van der Waals surface area contributed by atoms with Crippen LogP contribution in [0.15, 0.2) is 30.3 Å². The van der Waals surface area contributed by atoms with Crippen molar-refractivity contribution < 1.29 is 19.1 Å². The molecule has 1 fully saturated rings. The fourth-order valence-corrected chi connectivity index (χ4v) is 3.21. The molecule has 1 aliphatic carbocycles. The molecule has 1 atom stereocenters. The molecule has 0 heterocycles. The van der Waals surface area contributed by atoms with Crippen LogP contribution in [0.5, 0.6) is 0 Å². The van der Waals surface area contributed by atoms with Crippen LogP contribution in [0.3, 0.4) is 0 Å². The first-order chi connectivity index (χ1) is 13.6. The molecule has 2 N–H and O–H groups in total. The third-order valence-electron chi connectivity index (χ3n) is 4.61. The lowest BCUT2D eigenvalue weighted by molar-refractivity contribution is -0.145. The zero-order valence-electron chi connectivity index (χ0n) is 18.0. The molecule has 1 aromatic carbocycles. The van der Waals surface area contributed by atoms with Gasteiger partial charge >= 0.3 is 6.09 Å². The quantitative estimate of drug-likeness (QED) is 0.732. The van der Waals surface area contributed by atoms with E-state index in [9.17, 15) is 14.4 Å². The summed E-state index contributed by atoms with van der Waals surface area (Å²) >= 11 is 0. The molecule has 160 valence electrons. The third-order valence-corrected chi connectivity index (χ3v) is 4.61. The molecule has 0 saturated heterocycles. The van der Waals surface area contributed by atoms with E-state index in [1.54, 1.807) is 25.7 Å². The molecule has 7 nitrogen and oxygen atoms in total.